The maximum absolute atomic E-state index is 13.3. The van der Waals surface area contributed by atoms with Crippen LogP contribution in [0.1, 0.15) is 255 Å². The summed E-state index contributed by atoms with van der Waals surface area (Å²) in [5.41, 5.74) is 3.79. The molecule has 5 aliphatic carbocycles. The van der Waals surface area contributed by atoms with Gasteiger partial charge in [0.2, 0.25) is 0 Å². The van der Waals surface area contributed by atoms with Crippen LogP contribution in [0.25, 0.3) is 0 Å². The summed E-state index contributed by atoms with van der Waals surface area (Å²) in [5, 5.41) is 0. The highest BCUT2D eigenvalue weighted by Gasteiger charge is 2.69. The lowest BCUT2D eigenvalue weighted by molar-refractivity contribution is -0.233. The molecule has 8 atom stereocenters. The summed E-state index contributed by atoms with van der Waals surface area (Å²) in [7, 11) is 0. The van der Waals surface area contributed by atoms with E-state index in [1.165, 1.54) is 173 Å². The molecule has 54 heavy (non-hydrogen) atoms. The second-order valence-electron chi connectivity index (χ2n) is 22.7. The summed E-state index contributed by atoms with van der Waals surface area (Å²) in [6.45, 7) is 23.0. The Hall–Kier alpha value is -0.790. The van der Waals surface area contributed by atoms with Crippen molar-refractivity contribution in [1.29, 1.82) is 0 Å². The van der Waals surface area contributed by atoms with Gasteiger partial charge in [0.15, 0.2) is 0 Å². The summed E-state index contributed by atoms with van der Waals surface area (Å²) in [6.07, 6.45) is 42.9. The fourth-order valence-electron chi connectivity index (χ4n) is 14.4. The van der Waals surface area contributed by atoms with Gasteiger partial charge >= 0.3 is 5.97 Å². The van der Waals surface area contributed by atoms with Gasteiger partial charge in [-0.2, -0.15) is 0 Å². The van der Waals surface area contributed by atoms with Crippen LogP contribution in [-0.4, -0.2) is 12.1 Å². The number of unbranched alkanes of at least 4 members (excludes halogenated alkanes) is 18. The van der Waals surface area contributed by atoms with E-state index in [4.69, 9.17) is 4.74 Å². The van der Waals surface area contributed by atoms with E-state index in [2.05, 4.69) is 68.4 Å². The van der Waals surface area contributed by atoms with Crippen LogP contribution in [-0.2, 0) is 9.53 Å². The minimum Gasteiger partial charge on any atom is -0.462 e. The van der Waals surface area contributed by atoms with E-state index in [0.717, 1.165) is 24.7 Å². The first-order valence-electron chi connectivity index (χ1n) is 24.6. The number of rotatable bonds is 21. The van der Waals surface area contributed by atoms with Gasteiger partial charge in [-0.1, -0.05) is 190 Å². The molecule has 0 amide bonds. The molecule has 0 aliphatic heterocycles. The monoisotopic (exact) mass is 749 g/mol. The molecule has 312 valence electrons. The number of hydrogen-bond donors (Lipinski definition) is 0. The van der Waals surface area contributed by atoms with Crippen LogP contribution >= 0.6 is 0 Å². The zero-order valence-corrected chi connectivity index (χ0v) is 37.9. The van der Waals surface area contributed by atoms with Gasteiger partial charge in [0.05, 0.1) is 0 Å². The van der Waals surface area contributed by atoms with Crippen LogP contribution in [0.4, 0.5) is 0 Å². The zero-order valence-electron chi connectivity index (χ0n) is 37.9. The van der Waals surface area contributed by atoms with Crippen molar-refractivity contribution >= 4 is 5.97 Å². The molecule has 0 aromatic heterocycles. The maximum Gasteiger partial charge on any atom is 0.306 e. The third kappa shape index (κ3) is 9.73. The Kier molecular flexibility index (Phi) is 15.5. The number of fused-ring (bicyclic) bond motifs is 7. The van der Waals surface area contributed by atoms with Gasteiger partial charge in [-0.3, -0.25) is 4.79 Å². The predicted molar refractivity (Wildman–Crippen MR) is 233 cm³/mol. The molecule has 0 radical (unpaired) electrons. The van der Waals surface area contributed by atoms with E-state index in [-0.39, 0.29) is 17.5 Å². The molecule has 0 aromatic carbocycles. The van der Waals surface area contributed by atoms with Gasteiger partial charge in [0.25, 0.3) is 0 Å². The highest BCUT2D eigenvalue weighted by molar-refractivity contribution is 5.69. The van der Waals surface area contributed by atoms with E-state index >= 15 is 0 Å². The van der Waals surface area contributed by atoms with Crippen LogP contribution in [0.5, 0.6) is 0 Å². The topological polar surface area (TPSA) is 26.3 Å². The van der Waals surface area contributed by atoms with E-state index < -0.39 is 0 Å². The molecule has 0 bridgehead atoms. The molecule has 2 heteroatoms. The molecular weight excluding hydrogens is 657 g/mol. The molecule has 0 spiro atoms. The molecule has 0 heterocycles. The zero-order chi connectivity index (χ0) is 39.1. The van der Waals surface area contributed by atoms with Crippen LogP contribution in [0.3, 0.4) is 0 Å². The van der Waals surface area contributed by atoms with E-state index in [1.807, 2.05) is 5.57 Å². The van der Waals surface area contributed by atoms with Gasteiger partial charge < -0.3 is 4.74 Å². The van der Waals surface area contributed by atoms with Crippen molar-refractivity contribution in [3.63, 3.8) is 0 Å². The van der Waals surface area contributed by atoms with Crippen molar-refractivity contribution in [2.75, 3.05) is 0 Å². The average Bonchev–Trinajstić information content (AvgIpc) is 3.11. The Bertz CT molecular complexity index is 1210. The van der Waals surface area contributed by atoms with Gasteiger partial charge in [0, 0.05) is 11.8 Å². The summed E-state index contributed by atoms with van der Waals surface area (Å²) in [6, 6.07) is 0. The van der Waals surface area contributed by atoms with Crippen LogP contribution in [0.2, 0.25) is 0 Å². The van der Waals surface area contributed by atoms with Crippen LogP contribution in [0.15, 0.2) is 11.6 Å². The largest absolute Gasteiger partial charge is 0.462 e. The second kappa shape index (κ2) is 18.9. The number of ether oxygens (including phenoxy) is 1. The van der Waals surface area contributed by atoms with Crippen molar-refractivity contribution in [3.8, 4) is 0 Å². The fraction of sp³-hybridized carbons (Fsp3) is 0.942. The van der Waals surface area contributed by atoms with Crippen molar-refractivity contribution in [3.05, 3.63) is 11.6 Å². The van der Waals surface area contributed by atoms with Crippen molar-refractivity contribution < 1.29 is 9.53 Å². The third-order valence-corrected chi connectivity index (χ3v) is 18.2. The first kappa shape index (κ1) is 44.3. The standard InChI is InChI=1S/C52H92O2/c1-10-11-12-13-14-15-16-17-18-19-20-21-22-23-24-25-26-27-28-29-46(53)54-45-33-34-50(7)43(48(45,4)5)32-35-52(9)44(50)31-30-41-42-40-47(2,3)36-37-49(42,6)38-39-51(41,52)8/h40-41,43-45H,10-39H2,1-9H3. The Labute approximate surface area is 337 Å². The minimum atomic E-state index is 0.0380. The highest BCUT2D eigenvalue weighted by atomic mass is 16.5. The molecule has 8 unspecified atom stereocenters. The highest BCUT2D eigenvalue weighted by Crippen LogP contribution is 2.76. The number of allylic oxidation sites excluding steroid dienone is 2. The van der Waals surface area contributed by atoms with Crippen molar-refractivity contribution in [2.45, 2.75) is 261 Å². The Morgan fingerprint density at radius 3 is 1.63 bits per heavy atom. The van der Waals surface area contributed by atoms with Crippen LogP contribution < -0.4 is 0 Å². The quantitative estimate of drug-likeness (QED) is 0.0664. The van der Waals surface area contributed by atoms with E-state index in [9.17, 15) is 4.79 Å². The summed E-state index contributed by atoms with van der Waals surface area (Å²) in [4.78, 5) is 13.3. The fourth-order valence-corrected chi connectivity index (χ4v) is 14.4. The third-order valence-electron chi connectivity index (χ3n) is 18.2. The Morgan fingerprint density at radius 2 is 1.07 bits per heavy atom. The summed E-state index contributed by atoms with van der Waals surface area (Å²) < 4.78 is 6.45. The Balaban J connectivity index is 0.984. The lowest BCUT2D eigenvalue weighted by Gasteiger charge is -2.72. The average molecular weight is 749 g/mol. The molecule has 0 saturated heterocycles. The number of carbonyl (C=O) groups excluding carboxylic acids is 1. The maximum atomic E-state index is 13.3. The predicted octanol–water partition coefficient (Wildman–Crippen LogP) is 16.5. The second-order valence-corrected chi connectivity index (χ2v) is 22.7. The van der Waals surface area contributed by atoms with Crippen molar-refractivity contribution in [2.24, 2.45) is 50.2 Å². The normalized spacial score (nSPS) is 36.6. The van der Waals surface area contributed by atoms with E-state index in [0.29, 0.717) is 39.4 Å². The summed E-state index contributed by atoms with van der Waals surface area (Å²) >= 11 is 0. The first-order chi connectivity index (χ1) is 25.6. The SMILES string of the molecule is CCCCCCCCCCCCCCCCCCCCCC(=O)OC1CCC2(C)C(CCC3(C)C2CCC2C4=CC(C)(C)CCC4(C)CCC23C)C1(C)C. The molecule has 4 fully saturated rings. The lowest BCUT2D eigenvalue weighted by atomic mass is 9.32. The van der Waals surface area contributed by atoms with Gasteiger partial charge in [-0.05, 0) is 115 Å². The molecular formula is C52H92O2. The molecule has 2 nitrogen and oxygen atoms in total. The molecule has 0 aromatic rings. The molecule has 4 saturated carbocycles. The van der Waals surface area contributed by atoms with Gasteiger partial charge in [-0.15, -0.1) is 0 Å². The number of esters is 1. The smallest absolute Gasteiger partial charge is 0.306 e. The van der Waals surface area contributed by atoms with E-state index in [1.54, 1.807) is 0 Å². The van der Waals surface area contributed by atoms with Crippen molar-refractivity contribution in [1.82, 2.24) is 0 Å². The minimum absolute atomic E-state index is 0.0380. The molecule has 5 aliphatic rings. The molecule has 5 rings (SSSR count). The van der Waals surface area contributed by atoms with Gasteiger partial charge in [0.1, 0.15) is 6.10 Å². The van der Waals surface area contributed by atoms with Gasteiger partial charge in [-0.25, -0.2) is 0 Å². The molecule has 0 N–H and O–H groups in total. The number of carbonyl (C=O) groups is 1. The first-order valence-corrected chi connectivity index (χ1v) is 24.6. The lowest BCUT2D eigenvalue weighted by Crippen LogP contribution is -2.66. The summed E-state index contributed by atoms with van der Waals surface area (Å²) in [5.74, 6) is 2.23. The van der Waals surface area contributed by atoms with Crippen LogP contribution in [0, 0.1) is 50.2 Å². The number of hydrogen-bond acceptors (Lipinski definition) is 2. The Morgan fingerprint density at radius 1 is 0.556 bits per heavy atom.